The number of methoxy groups -OCH3 is 1. The second-order valence-electron chi connectivity index (χ2n) is 10.1. The molecule has 11 heteroatoms. The summed E-state index contributed by atoms with van der Waals surface area (Å²) in [5, 5.41) is 8.29. The van der Waals surface area contributed by atoms with E-state index in [1.165, 1.54) is 4.31 Å². The van der Waals surface area contributed by atoms with E-state index in [9.17, 15) is 13.2 Å². The Balaban J connectivity index is 1.51. The lowest BCUT2D eigenvalue weighted by atomic mass is 10.0. The number of ether oxygens (including phenoxy) is 2. The lowest BCUT2D eigenvalue weighted by Gasteiger charge is -2.30. The molecule has 1 saturated heterocycles. The van der Waals surface area contributed by atoms with Gasteiger partial charge in [-0.25, -0.2) is 13.1 Å². The van der Waals surface area contributed by atoms with Crippen LogP contribution in [0.4, 0.5) is 0 Å². The van der Waals surface area contributed by atoms with Crippen LogP contribution in [0.15, 0.2) is 60.8 Å². The van der Waals surface area contributed by atoms with Gasteiger partial charge in [0.05, 0.1) is 31.6 Å². The summed E-state index contributed by atoms with van der Waals surface area (Å²) in [5.41, 5.74) is 3.58. The molecule has 1 fully saturated rings. The first kappa shape index (κ1) is 28.9. The molecule has 1 unspecified atom stereocenters. The van der Waals surface area contributed by atoms with Gasteiger partial charge in [-0.15, -0.1) is 5.10 Å². The molecule has 1 amide bonds. The molecule has 3 aromatic rings. The molecule has 210 valence electrons. The van der Waals surface area contributed by atoms with Crippen LogP contribution in [-0.2, 0) is 43.9 Å². The summed E-state index contributed by atoms with van der Waals surface area (Å²) < 4.78 is 40.2. The molecule has 0 saturated carbocycles. The van der Waals surface area contributed by atoms with E-state index in [1.54, 1.807) is 22.9 Å². The average molecular weight is 556 g/mol. The van der Waals surface area contributed by atoms with E-state index in [0.29, 0.717) is 25.3 Å². The normalized spacial score (nSPS) is 18.0. The molecule has 1 aromatic heterocycles. The lowest BCUT2D eigenvalue weighted by molar-refractivity contribution is -0.136. The lowest BCUT2D eigenvalue weighted by Crippen LogP contribution is -2.47. The fourth-order valence-electron chi connectivity index (χ4n) is 4.64. The van der Waals surface area contributed by atoms with Gasteiger partial charge in [-0.1, -0.05) is 73.7 Å². The van der Waals surface area contributed by atoms with Gasteiger partial charge in [0.15, 0.2) is 0 Å². The molecule has 10 nitrogen and oxygen atoms in total. The smallest absolute Gasteiger partial charge is 0.241 e. The maximum Gasteiger partial charge on any atom is 0.241 e. The number of carbonyl (C=O) groups is 1. The van der Waals surface area contributed by atoms with E-state index >= 15 is 0 Å². The predicted molar refractivity (Wildman–Crippen MR) is 148 cm³/mol. The van der Waals surface area contributed by atoms with Gasteiger partial charge >= 0.3 is 0 Å². The zero-order valence-corrected chi connectivity index (χ0v) is 23.6. The van der Waals surface area contributed by atoms with E-state index in [1.807, 2.05) is 68.4 Å². The van der Waals surface area contributed by atoms with Crippen LogP contribution >= 0.6 is 0 Å². The third-order valence-electron chi connectivity index (χ3n) is 6.62. The van der Waals surface area contributed by atoms with Gasteiger partial charge in [-0.05, 0) is 29.0 Å². The van der Waals surface area contributed by atoms with Crippen LogP contribution in [0.1, 0.15) is 31.5 Å². The molecule has 1 aliphatic heterocycles. The summed E-state index contributed by atoms with van der Waals surface area (Å²) in [5.74, 6) is -0.220. The summed E-state index contributed by atoms with van der Waals surface area (Å²) >= 11 is 0. The maximum atomic E-state index is 13.8. The number of benzene rings is 2. The van der Waals surface area contributed by atoms with E-state index in [2.05, 4.69) is 10.3 Å². The number of sulfonamides is 1. The number of hydrogen-bond acceptors (Lipinski definition) is 7. The molecule has 0 bridgehead atoms. The summed E-state index contributed by atoms with van der Waals surface area (Å²) in [6, 6.07) is 17.1. The molecular formula is C28H37N5O5S. The summed E-state index contributed by atoms with van der Waals surface area (Å²) in [6.45, 7) is 5.54. The fourth-order valence-corrected chi connectivity index (χ4v) is 6.24. The van der Waals surface area contributed by atoms with Gasteiger partial charge < -0.3 is 14.4 Å². The quantitative estimate of drug-likeness (QED) is 0.250. The molecule has 0 spiro atoms. The van der Waals surface area contributed by atoms with Crippen molar-refractivity contribution >= 4 is 15.9 Å². The van der Waals surface area contributed by atoms with Gasteiger partial charge in [0, 0.05) is 20.2 Å². The molecule has 2 heterocycles. The predicted octanol–water partition coefficient (Wildman–Crippen LogP) is 3.15. The Kier molecular flexibility index (Phi) is 9.84. The highest BCUT2D eigenvalue weighted by atomic mass is 32.2. The van der Waals surface area contributed by atoms with Crippen molar-refractivity contribution in [2.75, 3.05) is 32.8 Å². The minimum atomic E-state index is -3.68. The Bertz CT molecular complexity index is 1310. The van der Waals surface area contributed by atoms with E-state index in [4.69, 9.17) is 9.47 Å². The SMILES string of the molecule is COCOCCn1cc(CN2CCS(=O)(=O)N(Cc3ccc(-c4ccccc4)cc3)C(CC(C)C)C2=O)nn1. The Labute approximate surface area is 230 Å². The van der Waals surface area contributed by atoms with E-state index in [-0.39, 0.29) is 44.0 Å². The van der Waals surface area contributed by atoms with Crippen molar-refractivity contribution in [1.29, 1.82) is 0 Å². The molecule has 0 radical (unpaired) electrons. The number of aromatic nitrogens is 3. The van der Waals surface area contributed by atoms with Crippen LogP contribution in [0.2, 0.25) is 0 Å². The van der Waals surface area contributed by atoms with Crippen LogP contribution in [0.25, 0.3) is 11.1 Å². The number of hydrogen-bond donors (Lipinski definition) is 0. The number of nitrogens with zero attached hydrogens (tertiary/aromatic N) is 5. The second-order valence-corrected chi connectivity index (χ2v) is 12.2. The molecule has 4 rings (SSSR count). The number of amides is 1. The first-order valence-electron chi connectivity index (χ1n) is 13.1. The highest BCUT2D eigenvalue weighted by Crippen LogP contribution is 2.26. The van der Waals surface area contributed by atoms with Crippen LogP contribution in [-0.4, -0.2) is 77.4 Å². The van der Waals surface area contributed by atoms with Crippen LogP contribution in [0.5, 0.6) is 0 Å². The Morgan fingerprint density at radius 3 is 2.44 bits per heavy atom. The number of carbonyl (C=O) groups excluding carboxylic acids is 1. The maximum absolute atomic E-state index is 13.8. The van der Waals surface area contributed by atoms with Gasteiger partial charge in [0.2, 0.25) is 15.9 Å². The minimum Gasteiger partial charge on any atom is -0.359 e. The van der Waals surface area contributed by atoms with Crippen LogP contribution in [0, 0.1) is 5.92 Å². The molecule has 1 aliphatic rings. The largest absolute Gasteiger partial charge is 0.359 e. The molecule has 1 atom stereocenters. The average Bonchev–Trinajstić information content (AvgIpc) is 3.35. The first-order valence-corrected chi connectivity index (χ1v) is 14.8. The van der Waals surface area contributed by atoms with Crippen molar-refractivity contribution < 1.29 is 22.7 Å². The third kappa shape index (κ3) is 7.72. The van der Waals surface area contributed by atoms with Crippen LogP contribution in [0.3, 0.4) is 0 Å². The molecular weight excluding hydrogens is 518 g/mol. The molecule has 39 heavy (non-hydrogen) atoms. The van der Waals surface area contributed by atoms with Crippen molar-refractivity contribution in [3.8, 4) is 11.1 Å². The van der Waals surface area contributed by atoms with Crippen molar-refractivity contribution in [3.05, 3.63) is 72.1 Å². The van der Waals surface area contributed by atoms with Crippen molar-refractivity contribution in [1.82, 2.24) is 24.2 Å². The zero-order chi connectivity index (χ0) is 27.8. The summed E-state index contributed by atoms with van der Waals surface area (Å²) in [6.07, 6.45) is 2.19. The van der Waals surface area contributed by atoms with E-state index in [0.717, 1.165) is 16.7 Å². The van der Waals surface area contributed by atoms with Crippen molar-refractivity contribution in [2.45, 2.75) is 45.9 Å². The molecule has 0 aliphatic carbocycles. The van der Waals surface area contributed by atoms with Crippen molar-refractivity contribution in [3.63, 3.8) is 0 Å². The Morgan fingerprint density at radius 1 is 1.03 bits per heavy atom. The highest BCUT2D eigenvalue weighted by molar-refractivity contribution is 7.89. The van der Waals surface area contributed by atoms with Crippen LogP contribution < -0.4 is 0 Å². The summed E-state index contributed by atoms with van der Waals surface area (Å²) in [4.78, 5) is 15.4. The Hall–Kier alpha value is -3.12. The summed E-state index contributed by atoms with van der Waals surface area (Å²) in [7, 11) is -2.13. The standard InChI is InChI=1S/C28H37N5O5S/c1-22(2)17-27-28(34)31(19-26-20-32(30-29-26)13-15-38-21-37-3)14-16-39(35,36)33(27)18-23-9-11-25(12-10-23)24-7-5-4-6-8-24/h4-12,20,22,27H,13-19,21H2,1-3H3. The first-order chi connectivity index (χ1) is 18.8. The minimum absolute atomic E-state index is 0.100. The second kappa shape index (κ2) is 13.3. The van der Waals surface area contributed by atoms with Crippen molar-refractivity contribution in [2.24, 2.45) is 5.92 Å². The highest BCUT2D eigenvalue weighted by Gasteiger charge is 2.41. The topological polar surface area (TPSA) is 107 Å². The van der Waals surface area contributed by atoms with Gasteiger partial charge in [-0.2, -0.15) is 4.31 Å². The van der Waals surface area contributed by atoms with E-state index < -0.39 is 16.1 Å². The van der Waals surface area contributed by atoms with Gasteiger partial charge in [0.1, 0.15) is 18.5 Å². The monoisotopic (exact) mass is 555 g/mol. The zero-order valence-electron chi connectivity index (χ0n) is 22.8. The third-order valence-corrected chi connectivity index (χ3v) is 8.42. The Morgan fingerprint density at radius 2 is 1.74 bits per heavy atom. The number of rotatable bonds is 12. The van der Waals surface area contributed by atoms with Gasteiger partial charge in [-0.3, -0.25) is 4.79 Å². The molecule has 2 aromatic carbocycles. The van der Waals surface area contributed by atoms with Gasteiger partial charge in [0.25, 0.3) is 0 Å². The fraction of sp³-hybridized carbons (Fsp3) is 0.464. The molecule has 0 N–H and O–H groups in total.